The van der Waals surface area contributed by atoms with Crippen LogP contribution in [-0.2, 0) is 4.74 Å². The Balaban J connectivity index is 2.31. The van der Waals surface area contributed by atoms with Gasteiger partial charge in [0.15, 0.2) is 15.2 Å². The molecule has 0 aliphatic rings. The zero-order chi connectivity index (χ0) is 14.9. The van der Waals surface area contributed by atoms with Crippen molar-refractivity contribution >= 4 is 74.5 Å². The van der Waals surface area contributed by atoms with Crippen LogP contribution in [0.4, 0.5) is 10.8 Å². The van der Waals surface area contributed by atoms with Crippen LogP contribution in [0.25, 0.3) is 0 Å². The van der Waals surface area contributed by atoms with Crippen LogP contribution >= 0.6 is 57.7 Å². The lowest BCUT2D eigenvalue weighted by Gasteiger charge is -2.06. The summed E-state index contributed by atoms with van der Waals surface area (Å²) in [5.41, 5.74) is 0.503. The molecule has 0 amide bonds. The number of carbonyl (C=O) groups is 1. The Bertz CT molecular complexity index is 675. The average molecular weight is 372 g/mol. The van der Waals surface area contributed by atoms with Crippen LogP contribution in [0.5, 0.6) is 0 Å². The third kappa shape index (κ3) is 3.30. The molecule has 0 aliphatic heterocycles. The highest BCUT2D eigenvalue weighted by atomic mass is 35.5. The number of aromatic nitrogens is 1. The minimum atomic E-state index is -0.555. The summed E-state index contributed by atoms with van der Waals surface area (Å²) in [6.45, 7) is 0. The number of ether oxygens (including phenoxy) is 1. The van der Waals surface area contributed by atoms with Gasteiger partial charge >= 0.3 is 5.97 Å². The standard InChI is InChI=1S/C11H6Cl4N2O2S/c1-19-10(18)8-9(15)17-11(20-8)16-7-3-5(13)4(12)2-6(7)14/h2-3H,1H3,(H,16,17). The summed E-state index contributed by atoms with van der Waals surface area (Å²) in [4.78, 5) is 15.6. The minimum absolute atomic E-state index is 0.0560. The van der Waals surface area contributed by atoms with Crippen molar-refractivity contribution in [3.63, 3.8) is 0 Å². The van der Waals surface area contributed by atoms with Gasteiger partial charge in [-0.15, -0.1) is 0 Å². The third-order valence-corrected chi connectivity index (χ3v) is 4.58. The fourth-order valence-corrected chi connectivity index (χ4v) is 3.02. The summed E-state index contributed by atoms with van der Waals surface area (Å²) >= 11 is 24.7. The lowest BCUT2D eigenvalue weighted by Crippen LogP contribution is -1.98. The number of hydrogen-bond acceptors (Lipinski definition) is 5. The Labute approximate surface area is 138 Å². The van der Waals surface area contributed by atoms with E-state index >= 15 is 0 Å². The average Bonchev–Trinajstić information content (AvgIpc) is 2.76. The highest BCUT2D eigenvalue weighted by Crippen LogP contribution is 2.36. The number of nitrogens with zero attached hydrogens (tertiary/aromatic N) is 1. The molecule has 0 atom stereocenters. The number of benzene rings is 1. The van der Waals surface area contributed by atoms with Crippen molar-refractivity contribution in [2.45, 2.75) is 0 Å². The molecule has 106 valence electrons. The van der Waals surface area contributed by atoms with Crippen LogP contribution in [0, 0.1) is 0 Å². The molecular weight excluding hydrogens is 366 g/mol. The molecule has 0 saturated carbocycles. The molecule has 0 saturated heterocycles. The van der Waals surface area contributed by atoms with Crippen molar-refractivity contribution in [2.75, 3.05) is 12.4 Å². The first-order chi connectivity index (χ1) is 9.42. The maximum atomic E-state index is 11.4. The topological polar surface area (TPSA) is 51.2 Å². The Morgan fingerprint density at radius 2 is 1.85 bits per heavy atom. The van der Waals surface area contributed by atoms with Gasteiger partial charge in [0.25, 0.3) is 0 Å². The third-order valence-electron chi connectivity index (χ3n) is 2.21. The van der Waals surface area contributed by atoms with Gasteiger partial charge in [-0.25, -0.2) is 9.78 Å². The van der Waals surface area contributed by atoms with E-state index < -0.39 is 5.97 Å². The number of nitrogens with one attached hydrogen (secondary N) is 1. The van der Waals surface area contributed by atoms with Crippen LogP contribution in [0.15, 0.2) is 12.1 Å². The van der Waals surface area contributed by atoms with Gasteiger partial charge in [-0.1, -0.05) is 57.7 Å². The molecule has 2 aromatic rings. The van der Waals surface area contributed by atoms with Crippen LogP contribution in [0.2, 0.25) is 20.2 Å². The van der Waals surface area contributed by atoms with Crippen LogP contribution in [-0.4, -0.2) is 18.1 Å². The highest BCUT2D eigenvalue weighted by molar-refractivity contribution is 7.18. The Kier molecular flexibility index (Phi) is 4.99. The molecule has 0 unspecified atom stereocenters. The van der Waals surface area contributed by atoms with Gasteiger partial charge in [0.05, 0.1) is 27.9 Å². The van der Waals surface area contributed by atoms with E-state index in [2.05, 4.69) is 15.0 Å². The Hall–Kier alpha value is -0.720. The number of methoxy groups -OCH3 is 1. The molecule has 1 heterocycles. The van der Waals surface area contributed by atoms with Crippen LogP contribution < -0.4 is 5.32 Å². The maximum absolute atomic E-state index is 11.4. The predicted molar refractivity (Wildman–Crippen MR) is 83.2 cm³/mol. The first-order valence-electron chi connectivity index (χ1n) is 5.08. The minimum Gasteiger partial charge on any atom is -0.465 e. The molecule has 4 nitrogen and oxygen atoms in total. The SMILES string of the molecule is COC(=O)c1sc(Nc2cc(Cl)c(Cl)cc2Cl)nc1Cl. The van der Waals surface area contributed by atoms with Crippen molar-refractivity contribution in [3.8, 4) is 0 Å². The fourth-order valence-electron chi connectivity index (χ4n) is 1.31. The molecule has 0 bridgehead atoms. The number of rotatable bonds is 3. The normalized spacial score (nSPS) is 10.4. The lowest BCUT2D eigenvalue weighted by molar-refractivity contribution is 0.0606. The molecule has 20 heavy (non-hydrogen) atoms. The maximum Gasteiger partial charge on any atom is 0.351 e. The van der Waals surface area contributed by atoms with Crippen molar-refractivity contribution in [3.05, 3.63) is 37.2 Å². The second-order valence-corrected chi connectivity index (χ2v) is 6.08. The van der Waals surface area contributed by atoms with Crippen LogP contribution in [0.3, 0.4) is 0 Å². The van der Waals surface area contributed by atoms with E-state index in [-0.39, 0.29) is 10.0 Å². The van der Waals surface area contributed by atoms with E-state index in [1.807, 2.05) is 0 Å². The summed E-state index contributed by atoms with van der Waals surface area (Å²) in [6, 6.07) is 3.06. The quantitative estimate of drug-likeness (QED) is 0.588. The summed E-state index contributed by atoms with van der Waals surface area (Å²) in [6.07, 6.45) is 0. The monoisotopic (exact) mass is 370 g/mol. The summed E-state index contributed by atoms with van der Waals surface area (Å²) in [5, 5.41) is 4.41. The van der Waals surface area contributed by atoms with Crippen molar-refractivity contribution in [2.24, 2.45) is 0 Å². The fraction of sp³-hybridized carbons (Fsp3) is 0.0909. The molecule has 1 N–H and O–H groups in total. The summed E-state index contributed by atoms with van der Waals surface area (Å²) in [5.74, 6) is -0.555. The molecule has 0 aliphatic carbocycles. The molecule has 0 radical (unpaired) electrons. The molecule has 1 aromatic heterocycles. The van der Waals surface area contributed by atoms with E-state index in [9.17, 15) is 4.79 Å². The van der Waals surface area contributed by atoms with Gasteiger partial charge in [-0.05, 0) is 12.1 Å². The lowest BCUT2D eigenvalue weighted by atomic mass is 10.3. The Morgan fingerprint density at radius 1 is 1.20 bits per heavy atom. The summed E-state index contributed by atoms with van der Waals surface area (Å²) in [7, 11) is 1.27. The molecule has 0 spiro atoms. The van der Waals surface area contributed by atoms with Gasteiger partial charge in [0.2, 0.25) is 0 Å². The smallest absolute Gasteiger partial charge is 0.351 e. The molecular formula is C11H6Cl4N2O2S. The van der Waals surface area contributed by atoms with Gasteiger partial charge in [0, 0.05) is 0 Å². The van der Waals surface area contributed by atoms with Crippen molar-refractivity contribution in [1.82, 2.24) is 4.98 Å². The predicted octanol–water partition coefficient (Wildman–Crippen LogP) is 5.29. The number of hydrogen-bond donors (Lipinski definition) is 1. The van der Waals surface area contributed by atoms with E-state index in [4.69, 9.17) is 46.4 Å². The molecule has 9 heteroatoms. The van der Waals surface area contributed by atoms with E-state index in [1.54, 1.807) is 6.07 Å². The number of halogens is 4. The number of anilines is 2. The number of thiazole rings is 1. The first kappa shape index (κ1) is 15.7. The van der Waals surface area contributed by atoms with Crippen molar-refractivity contribution < 1.29 is 9.53 Å². The molecule has 0 fully saturated rings. The van der Waals surface area contributed by atoms with Crippen LogP contribution in [0.1, 0.15) is 9.67 Å². The zero-order valence-corrected chi connectivity index (χ0v) is 13.7. The van der Waals surface area contributed by atoms with Gasteiger partial charge in [-0.2, -0.15) is 0 Å². The highest BCUT2D eigenvalue weighted by Gasteiger charge is 2.18. The van der Waals surface area contributed by atoms with E-state index in [0.29, 0.717) is 25.9 Å². The second-order valence-electron chi connectivity index (χ2n) is 3.50. The van der Waals surface area contributed by atoms with Gasteiger partial charge in [0.1, 0.15) is 0 Å². The summed E-state index contributed by atoms with van der Waals surface area (Å²) < 4.78 is 4.59. The van der Waals surface area contributed by atoms with Crippen molar-refractivity contribution in [1.29, 1.82) is 0 Å². The van der Waals surface area contributed by atoms with E-state index in [1.165, 1.54) is 13.2 Å². The first-order valence-corrected chi connectivity index (χ1v) is 7.41. The number of carbonyl (C=O) groups excluding carboxylic acids is 1. The van der Waals surface area contributed by atoms with Gasteiger partial charge < -0.3 is 10.1 Å². The van der Waals surface area contributed by atoms with E-state index in [0.717, 1.165) is 11.3 Å². The molecule has 2 rings (SSSR count). The largest absolute Gasteiger partial charge is 0.465 e. The Morgan fingerprint density at radius 3 is 2.50 bits per heavy atom. The second kappa shape index (κ2) is 6.37. The van der Waals surface area contributed by atoms with Gasteiger partial charge in [-0.3, -0.25) is 0 Å². The zero-order valence-electron chi connectivity index (χ0n) is 9.84. The number of esters is 1. The molecule has 1 aromatic carbocycles.